The molecule has 27 heavy (non-hydrogen) atoms. The van der Waals surface area contributed by atoms with Crippen molar-refractivity contribution in [2.24, 2.45) is 0 Å². The van der Waals surface area contributed by atoms with E-state index in [1.54, 1.807) is 0 Å². The van der Waals surface area contributed by atoms with E-state index in [2.05, 4.69) is 34.6 Å². The fraction of sp³-hybridized carbons (Fsp3) is 0.500. The van der Waals surface area contributed by atoms with E-state index in [0.717, 1.165) is 63.1 Å². The highest BCUT2D eigenvalue weighted by Gasteiger charge is 2.14. The summed E-state index contributed by atoms with van der Waals surface area (Å²) in [6.07, 6.45) is 0. The molecule has 0 saturated carbocycles. The number of morpholine rings is 1. The Morgan fingerprint density at radius 2 is 1.81 bits per heavy atom. The van der Waals surface area contributed by atoms with Crippen LogP contribution in [0.25, 0.3) is 0 Å². The van der Waals surface area contributed by atoms with Gasteiger partial charge in [0.05, 0.1) is 13.2 Å². The minimum absolute atomic E-state index is 0.660. The van der Waals surface area contributed by atoms with E-state index in [1.807, 2.05) is 37.2 Å². The van der Waals surface area contributed by atoms with E-state index in [4.69, 9.17) is 14.7 Å². The zero-order valence-corrected chi connectivity index (χ0v) is 16.5. The number of aromatic nitrogens is 2. The van der Waals surface area contributed by atoms with Crippen LogP contribution in [0.15, 0.2) is 30.3 Å². The molecule has 1 aromatic carbocycles. The van der Waals surface area contributed by atoms with Gasteiger partial charge >= 0.3 is 0 Å². The number of hydrogen-bond donors (Lipinski definition) is 2. The zero-order valence-electron chi connectivity index (χ0n) is 16.5. The van der Waals surface area contributed by atoms with Crippen molar-refractivity contribution in [1.82, 2.24) is 14.9 Å². The van der Waals surface area contributed by atoms with Crippen LogP contribution in [0, 0.1) is 6.92 Å². The number of ether oxygens (including phenoxy) is 1. The monoisotopic (exact) mass is 370 g/mol. The van der Waals surface area contributed by atoms with Gasteiger partial charge in [-0.05, 0) is 12.5 Å². The quantitative estimate of drug-likeness (QED) is 0.738. The first-order chi connectivity index (χ1) is 13.1. The number of nitrogens with zero attached hydrogens (tertiary/aromatic N) is 4. The molecule has 3 rings (SSSR count). The average Bonchev–Trinajstić information content (AvgIpc) is 2.69. The molecule has 2 aromatic rings. The van der Waals surface area contributed by atoms with Crippen molar-refractivity contribution < 1.29 is 4.74 Å². The molecule has 1 aliphatic rings. The first-order valence-electron chi connectivity index (χ1n) is 9.51. The molecular formula is C20H30N6O. The second-order valence-electron chi connectivity index (χ2n) is 6.96. The number of nitrogens with one attached hydrogen (secondary N) is 2. The third kappa shape index (κ3) is 5.55. The van der Waals surface area contributed by atoms with Crippen LogP contribution in [-0.2, 0) is 11.3 Å². The summed E-state index contributed by atoms with van der Waals surface area (Å²) in [6, 6.07) is 10.3. The van der Waals surface area contributed by atoms with Crippen LogP contribution in [0.5, 0.6) is 0 Å². The van der Waals surface area contributed by atoms with E-state index < -0.39 is 0 Å². The maximum atomic E-state index is 5.40. The fourth-order valence-corrected chi connectivity index (χ4v) is 3.12. The SMILES string of the molecule is Cc1c(NCc2ccccc2)nc(NCCN2CCOCC2)nc1N(C)C. The maximum absolute atomic E-state index is 5.40. The van der Waals surface area contributed by atoms with Crippen LogP contribution < -0.4 is 15.5 Å². The van der Waals surface area contributed by atoms with Crippen molar-refractivity contribution in [2.75, 3.05) is 69.0 Å². The Hall–Kier alpha value is -2.38. The Morgan fingerprint density at radius 1 is 1.07 bits per heavy atom. The fourth-order valence-electron chi connectivity index (χ4n) is 3.12. The minimum Gasteiger partial charge on any atom is -0.379 e. The van der Waals surface area contributed by atoms with Crippen LogP contribution in [0.4, 0.5) is 17.6 Å². The van der Waals surface area contributed by atoms with Gasteiger partial charge in [0.2, 0.25) is 5.95 Å². The third-order valence-corrected chi connectivity index (χ3v) is 4.66. The molecule has 7 heteroatoms. The summed E-state index contributed by atoms with van der Waals surface area (Å²) in [6.45, 7) is 8.18. The largest absolute Gasteiger partial charge is 0.379 e. The predicted octanol–water partition coefficient (Wildman–Crippen LogP) is 2.21. The normalized spacial score (nSPS) is 14.8. The van der Waals surface area contributed by atoms with Crippen LogP contribution in [-0.4, -0.2) is 68.4 Å². The molecule has 0 spiro atoms. The van der Waals surface area contributed by atoms with Crippen molar-refractivity contribution in [3.05, 3.63) is 41.5 Å². The second-order valence-corrected chi connectivity index (χ2v) is 6.96. The van der Waals surface area contributed by atoms with Gasteiger partial charge in [-0.2, -0.15) is 9.97 Å². The Morgan fingerprint density at radius 3 is 2.52 bits per heavy atom. The molecule has 146 valence electrons. The molecule has 0 aliphatic carbocycles. The lowest BCUT2D eigenvalue weighted by Crippen LogP contribution is -2.39. The first-order valence-corrected chi connectivity index (χ1v) is 9.51. The topological polar surface area (TPSA) is 65.5 Å². The molecule has 0 radical (unpaired) electrons. The van der Waals surface area contributed by atoms with Crippen molar-refractivity contribution in [1.29, 1.82) is 0 Å². The molecule has 7 nitrogen and oxygen atoms in total. The third-order valence-electron chi connectivity index (χ3n) is 4.66. The molecule has 0 bridgehead atoms. The minimum atomic E-state index is 0.660. The summed E-state index contributed by atoms with van der Waals surface area (Å²) in [5.41, 5.74) is 2.28. The van der Waals surface area contributed by atoms with Gasteiger partial charge in [0.25, 0.3) is 0 Å². The average molecular weight is 371 g/mol. The van der Waals surface area contributed by atoms with Gasteiger partial charge in [-0.25, -0.2) is 0 Å². The van der Waals surface area contributed by atoms with Gasteiger partial charge in [0.1, 0.15) is 11.6 Å². The van der Waals surface area contributed by atoms with Crippen LogP contribution >= 0.6 is 0 Å². The van der Waals surface area contributed by atoms with E-state index in [-0.39, 0.29) is 0 Å². The van der Waals surface area contributed by atoms with Crippen molar-refractivity contribution in [3.8, 4) is 0 Å². The number of anilines is 3. The number of hydrogen-bond acceptors (Lipinski definition) is 7. The molecular weight excluding hydrogens is 340 g/mol. The molecule has 1 fully saturated rings. The Kier molecular flexibility index (Phi) is 6.84. The van der Waals surface area contributed by atoms with Crippen molar-refractivity contribution >= 4 is 17.6 Å². The van der Waals surface area contributed by atoms with Crippen molar-refractivity contribution in [3.63, 3.8) is 0 Å². The van der Waals surface area contributed by atoms with Crippen LogP contribution in [0.3, 0.4) is 0 Å². The van der Waals surface area contributed by atoms with Crippen LogP contribution in [0.1, 0.15) is 11.1 Å². The van der Waals surface area contributed by atoms with Gasteiger partial charge in [-0.1, -0.05) is 30.3 Å². The standard InChI is InChI=1S/C20H30N6O/c1-16-18(22-15-17-7-5-4-6-8-17)23-20(24-19(16)25(2)3)21-9-10-26-11-13-27-14-12-26/h4-8H,9-15H2,1-3H3,(H2,21,22,23,24). The van der Waals surface area contributed by atoms with E-state index in [0.29, 0.717) is 5.95 Å². The number of rotatable bonds is 8. The summed E-state index contributed by atoms with van der Waals surface area (Å²) in [7, 11) is 4.02. The summed E-state index contributed by atoms with van der Waals surface area (Å²) in [5.74, 6) is 2.45. The lowest BCUT2D eigenvalue weighted by atomic mass is 10.2. The van der Waals surface area contributed by atoms with Gasteiger partial charge in [-0.3, -0.25) is 4.90 Å². The predicted molar refractivity (Wildman–Crippen MR) is 111 cm³/mol. The lowest BCUT2D eigenvalue weighted by Gasteiger charge is -2.26. The van der Waals surface area contributed by atoms with Crippen LogP contribution in [0.2, 0.25) is 0 Å². The maximum Gasteiger partial charge on any atom is 0.226 e. The van der Waals surface area contributed by atoms with E-state index in [9.17, 15) is 0 Å². The highest BCUT2D eigenvalue weighted by molar-refractivity contribution is 5.61. The van der Waals surface area contributed by atoms with E-state index >= 15 is 0 Å². The van der Waals surface area contributed by atoms with Gasteiger partial charge in [0.15, 0.2) is 0 Å². The molecule has 2 heterocycles. The molecule has 0 unspecified atom stereocenters. The smallest absolute Gasteiger partial charge is 0.226 e. The Balaban J connectivity index is 1.66. The summed E-state index contributed by atoms with van der Waals surface area (Å²) in [4.78, 5) is 13.8. The molecule has 0 amide bonds. The molecule has 2 N–H and O–H groups in total. The zero-order chi connectivity index (χ0) is 19.1. The van der Waals surface area contributed by atoms with Gasteiger partial charge in [-0.15, -0.1) is 0 Å². The summed E-state index contributed by atoms with van der Waals surface area (Å²) >= 11 is 0. The summed E-state index contributed by atoms with van der Waals surface area (Å²) < 4.78 is 5.40. The van der Waals surface area contributed by atoms with Crippen molar-refractivity contribution in [2.45, 2.75) is 13.5 Å². The molecule has 1 aromatic heterocycles. The summed E-state index contributed by atoms with van der Waals surface area (Å²) in [5, 5.41) is 6.84. The highest BCUT2D eigenvalue weighted by atomic mass is 16.5. The molecule has 1 saturated heterocycles. The second kappa shape index (κ2) is 9.53. The Labute approximate surface area is 161 Å². The molecule has 0 atom stereocenters. The van der Waals surface area contributed by atoms with Gasteiger partial charge < -0.3 is 20.3 Å². The number of benzene rings is 1. The van der Waals surface area contributed by atoms with Gasteiger partial charge in [0, 0.05) is 52.4 Å². The Bertz CT molecular complexity index is 716. The lowest BCUT2D eigenvalue weighted by molar-refractivity contribution is 0.0398. The molecule has 1 aliphatic heterocycles. The highest BCUT2D eigenvalue weighted by Crippen LogP contribution is 2.24. The first kappa shape index (κ1) is 19.4. The van der Waals surface area contributed by atoms with E-state index in [1.165, 1.54) is 5.56 Å².